The van der Waals surface area contributed by atoms with Crippen LogP contribution in [0.15, 0.2) is 72.5 Å². The molecule has 2 aromatic carbocycles. The third-order valence-electron chi connectivity index (χ3n) is 8.47. The number of benzene rings is 2. The Morgan fingerprint density at radius 1 is 1.00 bits per heavy atom. The van der Waals surface area contributed by atoms with E-state index in [0.29, 0.717) is 19.4 Å². The van der Waals surface area contributed by atoms with Crippen LogP contribution in [0.5, 0.6) is 0 Å². The normalized spacial score (nSPS) is 17.8. The Kier molecular flexibility index (Phi) is 9.99. The number of carbonyl (C=O) groups is 1. The first kappa shape index (κ1) is 32.2. The van der Waals surface area contributed by atoms with E-state index in [1.165, 1.54) is 22.5 Å². The number of terminal acetylenes is 1. The second-order valence-corrected chi connectivity index (χ2v) is 13.8. The van der Waals surface area contributed by atoms with Crippen LogP contribution >= 0.6 is 0 Å². The van der Waals surface area contributed by atoms with Gasteiger partial charge in [-0.05, 0) is 44.4 Å². The summed E-state index contributed by atoms with van der Waals surface area (Å²) in [4.78, 5) is 14.2. The lowest BCUT2D eigenvalue weighted by atomic mass is 9.81. The van der Waals surface area contributed by atoms with Crippen molar-refractivity contribution in [1.82, 2.24) is 0 Å². The lowest BCUT2D eigenvalue weighted by Gasteiger charge is -2.27. The molecule has 0 spiro atoms. The second kappa shape index (κ2) is 13.3. The summed E-state index contributed by atoms with van der Waals surface area (Å²) in [7, 11) is -4.03. The van der Waals surface area contributed by atoms with Gasteiger partial charge in [-0.1, -0.05) is 68.7 Å². The molecule has 2 aliphatic heterocycles. The van der Waals surface area contributed by atoms with Crippen LogP contribution in [0.1, 0.15) is 70.9 Å². The number of carbonyl (C=O) groups excluding carboxylic acids is 1. The van der Waals surface area contributed by atoms with E-state index < -0.39 is 10.1 Å². The molecule has 1 N–H and O–H groups in total. The first-order chi connectivity index (χ1) is 20.4. The van der Waals surface area contributed by atoms with Crippen molar-refractivity contribution in [2.24, 2.45) is 0 Å². The van der Waals surface area contributed by atoms with Crippen molar-refractivity contribution in [1.29, 1.82) is 0 Å². The summed E-state index contributed by atoms with van der Waals surface area (Å²) in [6.07, 6.45) is 14.9. The van der Waals surface area contributed by atoms with Crippen LogP contribution < -0.4 is 4.90 Å². The van der Waals surface area contributed by atoms with Crippen LogP contribution in [0.2, 0.25) is 0 Å². The SMILES string of the molecule is C#CCOC(=O)CCCCCN1/C(=C/C=C/C2=[N+](CCCS(=O)(=O)O)c3ccccc3C2(C)C)C(C)(C)c2ccccc21. The van der Waals surface area contributed by atoms with E-state index in [1.807, 2.05) is 12.1 Å². The van der Waals surface area contributed by atoms with Gasteiger partial charge in [-0.15, -0.1) is 6.42 Å². The molecule has 2 heterocycles. The van der Waals surface area contributed by atoms with Crippen molar-refractivity contribution in [2.75, 3.05) is 30.3 Å². The van der Waals surface area contributed by atoms with Crippen molar-refractivity contribution in [3.63, 3.8) is 0 Å². The number of anilines is 1. The molecule has 0 aromatic heterocycles. The summed E-state index contributed by atoms with van der Waals surface area (Å²) in [5, 5.41) is 0. The second-order valence-electron chi connectivity index (χ2n) is 12.2. The van der Waals surface area contributed by atoms with E-state index in [4.69, 9.17) is 11.2 Å². The Balaban J connectivity index is 1.58. The molecule has 2 aromatic rings. The van der Waals surface area contributed by atoms with E-state index in [0.717, 1.165) is 37.2 Å². The van der Waals surface area contributed by atoms with Crippen LogP contribution in [0.3, 0.4) is 0 Å². The summed E-state index contributed by atoms with van der Waals surface area (Å²) in [5.74, 6) is 1.79. The molecule has 0 bridgehead atoms. The van der Waals surface area contributed by atoms with Gasteiger partial charge in [0.05, 0.1) is 11.2 Å². The molecule has 4 rings (SSSR count). The molecule has 43 heavy (non-hydrogen) atoms. The highest BCUT2D eigenvalue weighted by Gasteiger charge is 2.44. The van der Waals surface area contributed by atoms with Crippen LogP contribution in [0.25, 0.3) is 0 Å². The average Bonchev–Trinajstić information content (AvgIpc) is 3.30. The van der Waals surface area contributed by atoms with Crippen molar-refractivity contribution < 1.29 is 27.1 Å². The summed E-state index contributed by atoms with van der Waals surface area (Å²) in [6.45, 7) is 10.2. The predicted octanol–water partition coefficient (Wildman–Crippen LogP) is 6.32. The van der Waals surface area contributed by atoms with Gasteiger partial charge in [-0.2, -0.15) is 13.0 Å². The molecule has 0 unspecified atom stereocenters. The lowest BCUT2D eigenvalue weighted by Crippen LogP contribution is -2.28. The van der Waals surface area contributed by atoms with Crippen LogP contribution in [-0.4, -0.2) is 54.7 Å². The molecule has 0 amide bonds. The predicted molar refractivity (Wildman–Crippen MR) is 173 cm³/mol. The molecule has 0 fully saturated rings. The maximum absolute atomic E-state index is 11.8. The van der Waals surface area contributed by atoms with Gasteiger partial charge >= 0.3 is 5.97 Å². The van der Waals surface area contributed by atoms with Gasteiger partial charge in [0.25, 0.3) is 10.1 Å². The third kappa shape index (κ3) is 7.29. The minimum Gasteiger partial charge on any atom is -0.452 e. The highest BCUT2D eigenvalue weighted by atomic mass is 32.2. The van der Waals surface area contributed by atoms with Gasteiger partial charge in [0.1, 0.15) is 6.54 Å². The summed E-state index contributed by atoms with van der Waals surface area (Å²) >= 11 is 0. The van der Waals surface area contributed by atoms with Gasteiger partial charge in [0, 0.05) is 53.9 Å². The molecule has 8 heteroatoms. The largest absolute Gasteiger partial charge is 0.452 e. The number of unbranched alkanes of at least 4 members (excludes halogenated alkanes) is 2. The fraction of sp³-hybridized carbons (Fsp3) is 0.429. The molecule has 0 saturated heterocycles. The van der Waals surface area contributed by atoms with Gasteiger partial charge in [-0.25, -0.2) is 0 Å². The molecule has 228 valence electrons. The first-order valence-electron chi connectivity index (χ1n) is 14.9. The first-order valence-corrected chi connectivity index (χ1v) is 16.5. The molecular formula is C35H43N2O5S+. The van der Waals surface area contributed by atoms with E-state index in [-0.39, 0.29) is 29.2 Å². The zero-order valence-corrected chi connectivity index (χ0v) is 26.5. The van der Waals surface area contributed by atoms with Gasteiger partial charge in [0.15, 0.2) is 12.3 Å². The van der Waals surface area contributed by atoms with Gasteiger partial charge in [0.2, 0.25) is 5.69 Å². The van der Waals surface area contributed by atoms with Crippen LogP contribution in [0, 0.1) is 12.3 Å². The smallest absolute Gasteiger partial charge is 0.306 e. The van der Waals surface area contributed by atoms with Crippen LogP contribution in [-0.2, 0) is 30.5 Å². The average molecular weight is 604 g/mol. The number of hydrogen-bond donors (Lipinski definition) is 1. The molecule has 0 aliphatic carbocycles. The summed E-state index contributed by atoms with van der Waals surface area (Å²) < 4.78 is 39.3. The Hall–Kier alpha value is -3.67. The van der Waals surface area contributed by atoms with E-state index in [1.54, 1.807) is 0 Å². The molecule has 0 atom stereocenters. The molecule has 0 radical (unpaired) electrons. The number of nitrogens with zero attached hydrogens (tertiary/aromatic N) is 2. The fourth-order valence-corrected chi connectivity index (χ4v) is 6.80. The fourth-order valence-electron chi connectivity index (χ4n) is 6.31. The number of allylic oxidation sites excluding steroid dienone is 4. The highest BCUT2D eigenvalue weighted by molar-refractivity contribution is 7.85. The van der Waals surface area contributed by atoms with E-state index in [2.05, 4.69) is 97.7 Å². The highest BCUT2D eigenvalue weighted by Crippen LogP contribution is 2.48. The van der Waals surface area contributed by atoms with E-state index >= 15 is 0 Å². The monoisotopic (exact) mass is 603 g/mol. The quantitative estimate of drug-likeness (QED) is 0.0949. The maximum Gasteiger partial charge on any atom is 0.306 e. The molecule has 7 nitrogen and oxygen atoms in total. The maximum atomic E-state index is 11.8. The zero-order valence-electron chi connectivity index (χ0n) is 25.7. The number of para-hydroxylation sites is 2. The molecular weight excluding hydrogens is 560 g/mol. The van der Waals surface area contributed by atoms with Gasteiger partial charge < -0.3 is 9.64 Å². The Labute approximate surface area is 256 Å². The van der Waals surface area contributed by atoms with Crippen LogP contribution in [0.4, 0.5) is 11.4 Å². The Morgan fingerprint density at radius 2 is 1.70 bits per heavy atom. The number of fused-ring (bicyclic) bond motifs is 2. The van der Waals surface area contributed by atoms with Crippen molar-refractivity contribution >= 4 is 33.2 Å². The standard InChI is InChI=1S/C35H42N2O5S/c1-6-25-42-33(38)22-8-7-13-23-36-29-18-11-9-16-27(29)34(2,3)31(36)20-14-21-32-35(4,5)28-17-10-12-19-30(28)37(32)24-15-26-43(39,40)41/h1,9-12,14,16-21H,7-8,13,15,22-26H2,2-5H3/p+1. The zero-order chi connectivity index (χ0) is 31.3. The minimum absolute atomic E-state index is 0.0187. The molecule has 2 aliphatic rings. The third-order valence-corrected chi connectivity index (χ3v) is 9.27. The van der Waals surface area contributed by atoms with Crippen molar-refractivity contribution in [3.05, 3.63) is 83.6 Å². The van der Waals surface area contributed by atoms with E-state index in [9.17, 15) is 17.8 Å². The van der Waals surface area contributed by atoms with Crippen molar-refractivity contribution in [2.45, 2.75) is 70.6 Å². The molecule has 0 saturated carbocycles. The van der Waals surface area contributed by atoms with Crippen molar-refractivity contribution in [3.8, 4) is 12.3 Å². The Bertz CT molecular complexity index is 1590. The topological polar surface area (TPSA) is 86.9 Å². The lowest BCUT2D eigenvalue weighted by molar-refractivity contribution is -0.437. The Morgan fingerprint density at radius 3 is 2.42 bits per heavy atom. The number of rotatable bonds is 13. The number of ether oxygens (including phenoxy) is 1. The minimum atomic E-state index is -4.03. The summed E-state index contributed by atoms with van der Waals surface area (Å²) in [5.41, 5.74) is 6.53. The number of hydrogen-bond acceptors (Lipinski definition) is 5. The van der Waals surface area contributed by atoms with Gasteiger partial charge in [-0.3, -0.25) is 9.35 Å². The number of esters is 1. The summed E-state index contributed by atoms with van der Waals surface area (Å²) in [6, 6.07) is 16.7.